The number of nitrogen functional groups attached to an aromatic ring is 1. The number of anilines is 1. The number of hydrogen-bond donors (Lipinski definition) is 2. The van der Waals surface area contributed by atoms with E-state index in [-0.39, 0.29) is 6.47 Å². The molecule has 0 aliphatic carbocycles. The van der Waals surface area contributed by atoms with Crippen LogP contribution in [0.4, 0.5) is 5.13 Å². The number of nitrogens with zero attached hydrogens (tertiary/aromatic N) is 3. The molecule has 0 unspecified atom stereocenters. The number of carboxylic acid groups (broad SMARTS) is 1. The highest BCUT2D eigenvalue weighted by Crippen LogP contribution is 2.02. The highest BCUT2D eigenvalue weighted by Gasteiger charge is 1.95. The summed E-state index contributed by atoms with van der Waals surface area (Å²) in [6, 6.07) is 0. The molecule has 0 amide bonds. The van der Waals surface area contributed by atoms with E-state index in [1.165, 1.54) is 6.21 Å². The van der Waals surface area contributed by atoms with Crippen molar-refractivity contribution in [2.24, 2.45) is 5.16 Å². The fourth-order valence-corrected chi connectivity index (χ4v) is 0.868. The van der Waals surface area contributed by atoms with Gasteiger partial charge in [0.25, 0.3) is 6.47 Å². The molecule has 0 atom stereocenters. The van der Waals surface area contributed by atoms with E-state index in [0.29, 0.717) is 17.6 Å². The maximum absolute atomic E-state index is 8.36. The van der Waals surface area contributed by atoms with Crippen molar-refractivity contribution in [3.8, 4) is 0 Å². The van der Waals surface area contributed by atoms with E-state index in [2.05, 4.69) is 14.5 Å². The highest BCUT2D eigenvalue weighted by atomic mass is 32.1. The molecule has 14 heavy (non-hydrogen) atoms. The molecule has 0 aromatic carbocycles. The summed E-state index contributed by atoms with van der Waals surface area (Å²) in [7, 11) is 0. The van der Waals surface area contributed by atoms with Gasteiger partial charge in [-0.25, -0.2) is 0 Å². The molecule has 0 bridgehead atoms. The monoisotopic (exact) mass is 218 g/mol. The second-order valence-corrected chi connectivity index (χ2v) is 2.53. The molecule has 0 saturated heterocycles. The summed E-state index contributed by atoms with van der Waals surface area (Å²) < 4.78 is 3.86. The van der Waals surface area contributed by atoms with Crippen molar-refractivity contribution in [2.45, 2.75) is 6.92 Å². The largest absolute Gasteiger partial charge is 0.483 e. The Morgan fingerprint density at radius 1 is 1.79 bits per heavy atom. The first-order chi connectivity index (χ1) is 6.74. The third-order valence-electron chi connectivity index (χ3n) is 0.829. The molecule has 0 aliphatic heterocycles. The van der Waals surface area contributed by atoms with Gasteiger partial charge in [-0.2, -0.15) is 9.36 Å². The van der Waals surface area contributed by atoms with Gasteiger partial charge >= 0.3 is 0 Å². The number of hydrogen-bond acceptors (Lipinski definition) is 7. The first-order valence-corrected chi connectivity index (χ1v) is 4.34. The van der Waals surface area contributed by atoms with Gasteiger partial charge in [-0.1, -0.05) is 5.16 Å². The van der Waals surface area contributed by atoms with Gasteiger partial charge in [0.2, 0.25) is 0 Å². The molecule has 1 heterocycles. The van der Waals surface area contributed by atoms with Crippen LogP contribution in [0.1, 0.15) is 12.7 Å². The van der Waals surface area contributed by atoms with E-state index in [1.807, 2.05) is 6.92 Å². The van der Waals surface area contributed by atoms with Crippen LogP contribution in [0.25, 0.3) is 0 Å². The summed E-state index contributed by atoms with van der Waals surface area (Å²) in [5.41, 5.74) is 5.33. The third-order valence-corrected chi connectivity index (χ3v) is 1.39. The van der Waals surface area contributed by atoms with Crippen molar-refractivity contribution < 1.29 is 14.7 Å². The summed E-state index contributed by atoms with van der Waals surface area (Å²) in [6.07, 6.45) is 1.43. The molecule has 7 nitrogen and oxygen atoms in total. The number of carbonyl (C=O) groups is 1. The SMILES string of the molecule is CCO/N=C/c1nsc(N)n1.O=CO. The predicted octanol–water partition coefficient (Wildman–Crippen LogP) is 0.191. The van der Waals surface area contributed by atoms with Crippen LogP contribution in [0.15, 0.2) is 5.16 Å². The lowest BCUT2D eigenvalue weighted by Crippen LogP contribution is -1.88. The second kappa shape index (κ2) is 7.92. The zero-order valence-corrected chi connectivity index (χ0v) is 8.27. The Morgan fingerprint density at radius 2 is 2.43 bits per heavy atom. The van der Waals surface area contributed by atoms with Gasteiger partial charge in [0.1, 0.15) is 12.8 Å². The highest BCUT2D eigenvalue weighted by molar-refractivity contribution is 7.09. The van der Waals surface area contributed by atoms with Crippen LogP contribution in [-0.2, 0) is 9.63 Å². The summed E-state index contributed by atoms with van der Waals surface area (Å²) in [4.78, 5) is 16.9. The standard InChI is InChI=1S/C5H8N4OS.CH2O2/c1-2-10-7-3-4-8-5(6)11-9-4;2-1-3/h3H,2H2,1H3,(H2,6,8,9);1H,(H,2,3)/b7-3+;. The lowest BCUT2D eigenvalue weighted by molar-refractivity contribution is -0.122. The summed E-state index contributed by atoms with van der Waals surface area (Å²) in [5.74, 6) is 0.487. The van der Waals surface area contributed by atoms with Gasteiger partial charge in [0, 0.05) is 11.5 Å². The Bertz CT molecular complexity index is 288. The summed E-state index contributed by atoms with van der Waals surface area (Å²) in [6.45, 7) is 2.14. The Kier molecular flexibility index (Phi) is 6.96. The smallest absolute Gasteiger partial charge is 0.290 e. The molecule has 0 fully saturated rings. The fourth-order valence-electron chi connectivity index (χ4n) is 0.459. The minimum Gasteiger partial charge on any atom is -0.483 e. The Hall–Kier alpha value is -1.70. The molecule has 0 aliphatic rings. The lowest BCUT2D eigenvalue weighted by atomic mass is 10.7. The van der Waals surface area contributed by atoms with Crippen LogP contribution in [0, 0.1) is 0 Å². The van der Waals surface area contributed by atoms with Crippen molar-refractivity contribution >= 4 is 29.4 Å². The maximum Gasteiger partial charge on any atom is 0.290 e. The van der Waals surface area contributed by atoms with Crippen LogP contribution < -0.4 is 5.73 Å². The third kappa shape index (κ3) is 5.89. The Balaban J connectivity index is 0.000000500. The van der Waals surface area contributed by atoms with Crippen LogP contribution in [0.2, 0.25) is 0 Å². The van der Waals surface area contributed by atoms with E-state index >= 15 is 0 Å². The molecule has 1 aromatic heterocycles. The number of rotatable bonds is 3. The topological polar surface area (TPSA) is 111 Å². The molecular formula is C6H10N4O3S. The fraction of sp³-hybridized carbons (Fsp3) is 0.333. The lowest BCUT2D eigenvalue weighted by Gasteiger charge is -1.86. The van der Waals surface area contributed by atoms with E-state index < -0.39 is 0 Å². The van der Waals surface area contributed by atoms with Gasteiger partial charge in [0.15, 0.2) is 11.0 Å². The molecule has 8 heteroatoms. The van der Waals surface area contributed by atoms with Crippen molar-refractivity contribution in [1.29, 1.82) is 0 Å². The molecular weight excluding hydrogens is 208 g/mol. The van der Waals surface area contributed by atoms with Gasteiger partial charge in [-0.3, -0.25) is 4.79 Å². The zero-order valence-electron chi connectivity index (χ0n) is 7.45. The predicted molar refractivity (Wildman–Crippen MR) is 52.2 cm³/mol. The molecule has 1 rings (SSSR count). The number of oxime groups is 1. The van der Waals surface area contributed by atoms with Crippen molar-refractivity contribution in [1.82, 2.24) is 9.36 Å². The van der Waals surface area contributed by atoms with Crippen molar-refractivity contribution in [3.05, 3.63) is 5.82 Å². The zero-order chi connectivity index (χ0) is 10.8. The molecule has 0 spiro atoms. The quantitative estimate of drug-likeness (QED) is 0.425. The van der Waals surface area contributed by atoms with Gasteiger partial charge < -0.3 is 15.7 Å². The average Bonchev–Trinajstić information content (AvgIpc) is 2.53. The Morgan fingerprint density at radius 3 is 2.86 bits per heavy atom. The van der Waals surface area contributed by atoms with Crippen molar-refractivity contribution in [3.63, 3.8) is 0 Å². The first kappa shape index (κ1) is 12.3. The second-order valence-electron chi connectivity index (χ2n) is 1.75. The van der Waals surface area contributed by atoms with Crippen LogP contribution in [0.5, 0.6) is 0 Å². The van der Waals surface area contributed by atoms with Crippen LogP contribution in [-0.4, -0.2) is 33.8 Å². The van der Waals surface area contributed by atoms with E-state index in [4.69, 9.17) is 20.5 Å². The van der Waals surface area contributed by atoms with Crippen LogP contribution >= 0.6 is 11.5 Å². The average molecular weight is 218 g/mol. The number of nitrogens with two attached hydrogens (primary N) is 1. The van der Waals surface area contributed by atoms with E-state index in [0.717, 1.165) is 11.5 Å². The maximum atomic E-state index is 8.36. The van der Waals surface area contributed by atoms with Gasteiger partial charge in [-0.05, 0) is 6.92 Å². The van der Waals surface area contributed by atoms with E-state index in [1.54, 1.807) is 0 Å². The molecule has 3 N–H and O–H groups in total. The van der Waals surface area contributed by atoms with E-state index in [9.17, 15) is 0 Å². The normalized spacial score (nSPS) is 9.21. The van der Waals surface area contributed by atoms with Crippen molar-refractivity contribution in [2.75, 3.05) is 12.3 Å². The molecule has 78 valence electrons. The minimum absolute atomic E-state index is 0.250. The summed E-state index contributed by atoms with van der Waals surface area (Å²) >= 11 is 1.13. The Labute approximate surface area is 84.4 Å². The van der Waals surface area contributed by atoms with Gasteiger partial charge in [0.05, 0.1) is 0 Å². The molecule has 0 radical (unpaired) electrons. The minimum atomic E-state index is -0.250. The molecule has 1 aromatic rings. The van der Waals surface area contributed by atoms with Gasteiger partial charge in [-0.15, -0.1) is 0 Å². The first-order valence-electron chi connectivity index (χ1n) is 3.57. The summed E-state index contributed by atoms with van der Waals surface area (Å²) in [5, 5.41) is 10.9. The molecule has 0 saturated carbocycles. The van der Waals surface area contributed by atoms with Crippen LogP contribution in [0.3, 0.4) is 0 Å². The number of aromatic nitrogens is 2.